The maximum Gasteiger partial charge on any atom is 0.341 e. The van der Waals surface area contributed by atoms with Crippen molar-refractivity contribution in [2.45, 2.75) is 6.92 Å². The van der Waals surface area contributed by atoms with E-state index in [1.165, 1.54) is 12.1 Å². The molecule has 1 heterocycles. The number of hydrogen-bond acceptors (Lipinski definition) is 5. The summed E-state index contributed by atoms with van der Waals surface area (Å²) in [5.74, 6) is -2.05. The van der Waals surface area contributed by atoms with Crippen molar-refractivity contribution in [1.82, 2.24) is 5.43 Å². The number of benzene rings is 2. The number of halogens is 2. The third kappa shape index (κ3) is 4.42. The van der Waals surface area contributed by atoms with Gasteiger partial charge in [-0.3, -0.25) is 15.0 Å². The van der Waals surface area contributed by atoms with E-state index in [-0.39, 0.29) is 28.7 Å². The van der Waals surface area contributed by atoms with Crippen molar-refractivity contribution in [1.29, 1.82) is 0 Å². The molecule has 2 amide bonds. The van der Waals surface area contributed by atoms with Gasteiger partial charge in [-0.2, -0.15) is 0 Å². The fraction of sp³-hybridized carbons (Fsp3) is 0.150. The molecule has 0 aromatic heterocycles. The molecule has 30 heavy (non-hydrogen) atoms. The van der Waals surface area contributed by atoms with E-state index < -0.39 is 24.4 Å². The summed E-state index contributed by atoms with van der Waals surface area (Å²) < 4.78 is 11.1. The number of carbonyl (C=O) groups excluding carboxylic acids is 2. The Balaban J connectivity index is 2.01. The van der Waals surface area contributed by atoms with Crippen LogP contribution in [0.15, 0.2) is 46.4 Å². The van der Waals surface area contributed by atoms with E-state index in [9.17, 15) is 14.4 Å². The van der Waals surface area contributed by atoms with E-state index in [1.54, 1.807) is 37.3 Å². The number of nitrogens with one attached hydrogen (secondary N) is 1. The van der Waals surface area contributed by atoms with Crippen molar-refractivity contribution in [3.63, 3.8) is 0 Å². The number of nitrogens with zero attached hydrogens (tertiary/aromatic N) is 1. The molecule has 1 saturated heterocycles. The molecule has 0 spiro atoms. The first kappa shape index (κ1) is 21.7. The predicted molar refractivity (Wildman–Crippen MR) is 113 cm³/mol. The monoisotopic (exact) mass is 494 g/mol. The van der Waals surface area contributed by atoms with Crippen LogP contribution in [-0.4, -0.2) is 36.1 Å². The molecule has 0 unspecified atom stereocenters. The van der Waals surface area contributed by atoms with Crippen LogP contribution in [-0.2, 0) is 14.4 Å². The van der Waals surface area contributed by atoms with Crippen molar-refractivity contribution in [2.24, 2.45) is 0 Å². The zero-order valence-electron chi connectivity index (χ0n) is 15.6. The fourth-order valence-electron chi connectivity index (χ4n) is 2.71. The number of ether oxygens (including phenoxy) is 2. The van der Waals surface area contributed by atoms with Crippen molar-refractivity contribution >= 4 is 57.1 Å². The SMILES string of the molecule is CCOc1cc(C=C2C(=O)NN(c3ccccc3)C2=O)c(Br)c(Cl)c1OCC(=O)O. The number of rotatable bonds is 7. The summed E-state index contributed by atoms with van der Waals surface area (Å²) >= 11 is 9.65. The highest BCUT2D eigenvalue weighted by atomic mass is 79.9. The molecule has 10 heteroatoms. The number of carboxylic acids is 1. The summed E-state index contributed by atoms with van der Waals surface area (Å²) in [6.45, 7) is 1.39. The van der Waals surface area contributed by atoms with Crippen LogP contribution >= 0.6 is 27.5 Å². The summed E-state index contributed by atoms with van der Waals surface area (Å²) in [5.41, 5.74) is 3.32. The van der Waals surface area contributed by atoms with Gasteiger partial charge >= 0.3 is 5.97 Å². The van der Waals surface area contributed by atoms with E-state index >= 15 is 0 Å². The molecule has 0 aliphatic carbocycles. The minimum Gasteiger partial charge on any atom is -0.490 e. The van der Waals surface area contributed by atoms with Gasteiger partial charge in [-0.25, -0.2) is 9.80 Å². The second-order valence-electron chi connectivity index (χ2n) is 6.01. The Morgan fingerprint density at radius 1 is 1.27 bits per heavy atom. The zero-order valence-corrected chi connectivity index (χ0v) is 18.0. The molecule has 2 aromatic carbocycles. The molecule has 1 fully saturated rings. The van der Waals surface area contributed by atoms with Gasteiger partial charge in [0.1, 0.15) is 10.6 Å². The molecule has 8 nitrogen and oxygen atoms in total. The second kappa shape index (κ2) is 9.19. The Labute approximate surface area is 185 Å². The number of amides is 2. The molecular weight excluding hydrogens is 480 g/mol. The Morgan fingerprint density at radius 3 is 2.60 bits per heavy atom. The van der Waals surface area contributed by atoms with Crippen LogP contribution in [0.5, 0.6) is 11.5 Å². The third-order valence-corrected chi connectivity index (χ3v) is 5.44. The van der Waals surface area contributed by atoms with Gasteiger partial charge in [0.05, 0.1) is 12.3 Å². The van der Waals surface area contributed by atoms with Gasteiger partial charge < -0.3 is 14.6 Å². The van der Waals surface area contributed by atoms with Gasteiger partial charge in [-0.05, 0) is 52.7 Å². The van der Waals surface area contributed by atoms with Crippen LogP contribution in [0.1, 0.15) is 12.5 Å². The summed E-state index contributed by atoms with van der Waals surface area (Å²) in [5, 5.41) is 10.1. The molecule has 156 valence electrons. The van der Waals surface area contributed by atoms with Gasteiger partial charge in [0, 0.05) is 4.47 Å². The van der Waals surface area contributed by atoms with Crippen molar-refractivity contribution in [2.75, 3.05) is 18.2 Å². The van der Waals surface area contributed by atoms with Crippen LogP contribution in [0.3, 0.4) is 0 Å². The van der Waals surface area contributed by atoms with E-state index in [2.05, 4.69) is 21.4 Å². The van der Waals surface area contributed by atoms with Crippen molar-refractivity contribution < 1.29 is 29.0 Å². The molecule has 3 rings (SSSR count). The Morgan fingerprint density at radius 2 is 1.97 bits per heavy atom. The molecule has 0 saturated carbocycles. The summed E-state index contributed by atoms with van der Waals surface area (Å²) in [4.78, 5) is 36.0. The highest BCUT2D eigenvalue weighted by molar-refractivity contribution is 9.10. The lowest BCUT2D eigenvalue weighted by molar-refractivity contribution is -0.139. The fourth-order valence-corrected chi connectivity index (χ4v) is 3.38. The average Bonchev–Trinajstić information content (AvgIpc) is 3.00. The van der Waals surface area contributed by atoms with Crippen LogP contribution < -0.4 is 19.9 Å². The van der Waals surface area contributed by atoms with Gasteiger partial charge in [-0.1, -0.05) is 29.8 Å². The minimum absolute atomic E-state index is 0.0445. The van der Waals surface area contributed by atoms with Gasteiger partial charge in [-0.15, -0.1) is 0 Å². The van der Waals surface area contributed by atoms with Gasteiger partial charge in [0.15, 0.2) is 18.1 Å². The third-order valence-electron chi connectivity index (χ3n) is 4.00. The molecule has 2 aromatic rings. The van der Waals surface area contributed by atoms with E-state index in [4.69, 9.17) is 26.2 Å². The minimum atomic E-state index is -1.18. The summed E-state index contributed by atoms with van der Waals surface area (Å²) in [7, 11) is 0. The summed E-state index contributed by atoms with van der Waals surface area (Å²) in [6.07, 6.45) is 1.38. The highest BCUT2D eigenvalue weighted by Gasteiger charge is 2.34. The van der Waals surface area contributed by atoms with Crippen LogP contribution in [0.25, 0.3) is 6.08 Å². The number of aliphatic carboxylic acids is 1. The lowest BCUT2D eigenvalue weighted by atomic mass is 10.1. The van der Waals surface area contributed by atoms with Gasteiger partial charge in [0.2, 0.25) is 0 Å². The molecule has 1 aliphatic rings. The Kier molecular flexibility index (Phi) is 6.63. The van der Waals surface area contributed by atoms with E-state index in [0.717, 1.165) is 5.01 Å². The number of carboxylic acid groups (broad SMARTS) is 1. The highest BCUT2D eigenvalue weighted by Crippen LogP contribution is 2.43. The largest absolute Gasteiger partial charge is 0.490 e. The smallest absolute Gasteiger partial charge is 0.341 e. The topological polar surface area (TPSA) is 105 Å². The number of anilines is 1. The number of hydrogen-bond donors (Lipinski definition) is 2. The standard InChI is InChI=1S/C20H16BrClN2O6/c1-2-29-14-9-11(16(21)17(22)18(14)30-10-15(25)26)8-13-19(27)23-24(20(13)28)12-6-4-3-5-7-12/h3-9H,2,10H2,1H3,(H,23,27)(H,25,26). The molecule has 0 bridgehead atoms. The molecule has 1 aliphatic heterocycles. The maximum atomic E-state index is 12.8. The van der Waals surface area contributed by atoms with Crippen LogP contribution in [0, 0.1) is 0 Å². The van der Waals surface area contributed by atoms with E-state index in [0.29, 0.717) is 15.7 Å². The molecule has 0 atom stereocenters. The van der Waals surface area contributed by atoms with Crippen LogP contribution in [0.2, 0.25) is 5.02 Å². The predicted octanol–water partition coefficient (Wildman–Crippen LogP) is 3.43. The number of hydrazine groups is 1. The van der Waals surface area contributed by atoms with Crippen LogP contribution in [0.4, 0.5) is 5.69 Å². The lowest BCUT2D eigenvalue weighted by Gasteiger charge is -2.15. The first-order valence-electron chi connectivity index (χ1n) is 8.75. The lowest BCUT2D eigenvalue weighted by Crippen LogP contribution is -2.35. The average molecular weight is 496 g/mol. The quantitative estimate of drug-likeness (QED) is 0.450. The van der Waals surface area contributed by atoms with Gasteiger partial charge in [0.25, 0.3) is 11.8 Å². The van der Waals surface area contributed by atoms with Crippen molar-refractivity contribution in [3.05, 3.63) is 57.0 Å². The number of para-hydroxylation sites is 1. The van der Waals surface area contributed by atoms with Crippen molar-refractivity contribution in [3.8, 4) is 11.5 Å². The van der Waals surface area contributed by atoms with E-state index in [1.807, 2.05) is 0 Å². The Bertz CT molecular complexity index is 1040. The first-order chi connectivity index (χ1) is 14.3. The molecule has 0 radical (unpaired) electrons. The normalized spacial score (nSPS) is 14.8. The maximum absolute atomic E-state index is 12.8. The molecule has 2 N–H and O–H groups in total. The number of carbonyl (C=O) groups is 3. The first-order valence-corrected chi connectivity index (χ1v) is 9.92. The molecular formula is C20H16BrClN2O6. The zero-order chi connectivity index (χ0) is 21.8. The summed E-state index contributed by atoms with van der Waals surface area (Å²) in [6, 6.07) is 10.2. The second-order valence-corrected chi connectivity index (χ2v) is 7.18. The Hall–Kier alpha value is -3.04.